The zero-order valence-electron chi connectivity index (χ0n) is 17.6. The number of hydrogen-bond acceptors (Lipinski definition) is 8. The van der Waals surface area contributed by atoms with Gasteiger partial charge in [-0.05, 0) is 39.1 Å². The molecule has 166 valence electrons. The number of nitrogens with one attached hydrogen (secondary N) is 1. The number of hydrogen-bond donors (Lipinski definition) is 3. The van der Waals surface area contributed by atoms with Gasteiger partial charge >= 0.3 is 12.2 Å². The number of ether oxygens (including phenoxy) is 1. The van der Waals surface area contributed by atoms with Crippen molar-refractivity contribution in [3.05, 3.63) is 33.5 Å². The van der Waals surface area contributed by atoms with Gasteiger partial charge < -0.3 is 20.3 Å². The number of nitrogens with zero attached hydrogens (tertiary/aromatic N) is 3. The number of carbonyl (C=O) groups is 2. The third-order valence-corrected chi connectivity index (χ3v) is 6.24. The molecule has 0 saturated heterocycles. The van der Waals surface area contributed by atoms with Crippen LogP contribution in [0.15, 0.2) is 23.7 Å². The number of carbonyl (C=O) groups excluding carboxylic acids is 1. The fraction of sp³-hybridized carbons (Fsp3) is 0.400. The highest BCUT2D eigenvalue weighted by molar-refractivity contribution is 7.20. The summed E-state index contributed by atoms with van der Waals surface area (Å²) in [5.41, 5.74) is -0.0266. The van der Waals surface area contributed by atoms with Crippen LogP contribution in [0.2, 0.25) is 0 Å². The predicted octanol–water partition coefficient (Wildman–Crippen LogP) is 4.60. The van der Waals surface area contributed by atoms with Crippen LogP contribution in [0.4, 0.5) is 15.3 Å². The molecule has 31 heavy (non-hydrogen) atoms. The quantitative estimate of drug-likeness (QED) is 0.487. The fourth-order valence-corrected chi connectivity index (χ4v) is 4.88. The van der Waals surface area contributed by atoms with Gasteiger partial charge in [0.2, 0.25) is 0 Å². The number of aromatic hydroxyl groups is 1. The Morgan fingerprint density at radius 2 is 2.10 bits per heavy atom. The van der Waals surface area contributed by atoms with E-state index in [1.807, 2.05) is 17.5 Å². The van der Waals surface area contributed by atoms with E-state index in [0.717, 1.165) is 4.88 Å². The average Bonchev–Trinajstić information content (AvgIpc) is 3.26. The van der Waals surface area contributed by atoms with Gasteiger partial charge in [-0.2, -0.15) is 5.10 Å². The lowest BCUT2D eigenvalue weighted by Gasteiger charge is -2.21. The van der Waals surface area contributed by atoms with Crippen LogP contribution < -0.4 is 10.2 Å². The highest BCUT2D eigenvalue weighted by Crippen LogP contribution is 2.41. The van der Waals surface area contributed by atoms with E-state index in [1.165, 1.54) is 33.8 Å². The summed E-state index contributed by atoms with van der Waals surface area (Å²) in [6, 6.07) is 3.38. The molecule has 0 aliphatic rings. The molecule has 2 amide bonds. The number of aromatic nitrogens is 2. The maximum atomic E-state index is 12.0. The summed E-state index contributed by atoms with van der Waals surface area (Å²) >= 11 is 2.69. The molecule has 0 aliphatic carbocycles. The van der Waals surface area contributed by atoms with E-state index in [2.05, 4.69) is 15.5 Å². The van der Waals surface area contributed by atoms with Crippen molar-refractivity contribution >= 4 is 50.8 Å². The lowest BCUT2D eigenvalue weighted by molar-refractivity contribution is 0.0508. The minimum atomic E-state index is -1.13. The summed E-state index contributed by atoms with van der Waals surface area (Å²) in [7, 11) is 0. The molecule has 0 saturated carbocycles. The number of carboxylic acid groups (broad SMARTS) is 1. The van der Waals surface area contributed by atoms with E-state index >= 15 is 0 Å². The molecule has 11 heteroatoms. The van der Waals surface area contributed by atoms with Gasteiger partial charge in [0.15, 0.2) is 5.75 Å². The molecular weight excluding hydrogens is 440 g/mol. The molecule has 0 fully saturated rings. The van der Waals surface area contributed by atoms with Gasteiger partial charge in [-0.25, -0.2) is 9.59 Å². The number of anilines is 1. The first-order valence-electron chi connectivity index (χ1n) is 9.53. The molecule has 0 radical (unpaired) electrons. The summed E-state index contributed by atoms with van der Waals surface area (Å²) in [5, 5.41) is 32.9. The van der Waals surface area contributed by atoms with Gasteiger partial charge in [0.25, 0.3) is 0 Å². The predicted molar refractivity (Wildman–Crippen MR) is 120 cm³/mol. The van der Waals surface area contributed by atoms with Crippen LogP contribution in [0.5, 0.6) is 5.75 Å². The van der Waals surface area contributed by atoms with Crippen molar-refractivity contribution in [3.63, 3.8) is 0 Å². The van der Waals surface area contributed by atoms with Gasteiger partial charge in [0.1, 0.15) is 11.1 Å². The van der Waals surface area contributed by atoms with Crippen LogP contribution in [0.25, 0.3) is 10.2 Å². The largest absolute Gasteiger partial charge is 0.504 e. The van der Waals surface area contributed by atoms with Crippen LogP contribution in [0.3, 0.4) is 0 Å². The van der Waals surface area contributed by atoms with Crippen LogP contribution in [0.1, 0.15) is 37.4 Å². The minimum Gasteiger partial charge on any atom is -0.504 e. The molecule has 3 aromatic heterocycles. The summed E-state index contributed by atoms with van der Waals surface area (Å²) in [6.07, 6.45) is 0.0292. The van der Waals surface area contributed by atoms with Crippen LogP contribution in [-0.2, 0) is 17.7 Å². The Morgan fingerprint density at radius 3 is 2.71 bits per heavy atom. The van der Waals surface area contributed by atoms with E-state index in [1.54, 1.807) is 27.7 Å². The normalized spacial score (nSPS) is 12.5. The van der Waals surface area contributed by atoms with Crippen molar-refractivity contribution < 1.29 is 24.5 Å². The van der Waals surface area contributed by atoms with Crippen LogP contribution in [0, 0.1) is 0 Å². The first kappa shape index (κ1) is 22.8. The van der Waals surface area contributed by atoms with Gasteiger partial charge in [0, 0.05) is 17.3 Å². The van der Waals surface area contributed by atoms with Crippen molar-refractivity contribution in [1.82, 2.24) is 15.5 Å². The Bertz CT molecular complexity index is 1080. The molecule has 0 spiro atoms. The van der Waals surface area contributed by atoms with Gasteiger partial charge in [-0.3, -0.25) is 4.90 Å². The molecule has 3 rings (SSSR count). The number of amides is 2. The van der Waals surface area contributed by atoms with E-state index in [9.17, 15) is 19.8 Å². The summed E-state index contributed by atoms with van der Waals surface area (Å²) in [6.45, 7) is 7.29. The van der Waals surface area contributed by atoms with Gasteiger partial charge in [-0.1, -0.05) is 6.07 Å². The van der Waals surface area contributed by atoms with E-state index in [0.29, 0.717) is 21.7 Å². The molecule has 0 aromatic carbocycles. The van der Waals surface area contributed by atoms with Gasteiger partial charge in [-0.15, -0.1) is 27.8 Å². The van der Waals surface area contributed by atoms with Crippen molar-refractivity contribution in [2.75, 3.05) is 4.90 Å². The average molecular weight is 465 g/mol. The first-order valence-corrected chi connectivity index (χ1v) is 11.2. The highest BCUT2D eigenvalue weighted by atomic mass is 32.1. The lowest BCUT2D eigenvalue weighted by Crippen LogP contribution is -2.38. The number of fused-ring (bicyclic) bond motifs is 1. The molecule has 9 nitrogen and oxygen atoms in total. The van der Waals surface area contributed by atoms with Crippen LogP contribution in [-0.4, -0.2) is 44.2 Å². The molecule has 0 unspecified atom stereocenters. The molecule has 3 aromatic rings. The van der Waals surface area contributed by atoms with E-state index in [-0.39, 0.29) is 23.9 Å². The number of rotatable bonds is 6. The molecule has 3 heterocycles. The van der Waals surface area contributed by atoms with Crippen molar-refractivity contribution in [3.8, 4) is 5.75 Å². The summed E-state index contributed by atoms with van der Waals surface area (Å²) < 4.78 is 5.78. The molecule has 1 atom stereocenters. The molecule has 3 N–H and O–H groups in total. The van der Waals surface area contributed by atoms with E-state index in [4.69, 9.17) is 4.74 Å². The summed E-state index contributed by atoms with van der Waals surface area (Å²) in [5.74, 6) is -0.0614. The second-order valence-electron chi connectivity index (χ2n) is 7.98. The third kappa shape index (κ3) is 5.61. The number of thiophene rings is 2. The SMILES string of the molecule is C[C@@H](Cc1sc2c(N(Cc3cccs3)C(=O)O)cnnc2c1O)NC(=O)OC(C)(C)C. The fourth-order valence-electron chi connectivity index (χ4n) is 2.91. The Kier molecular flexibility index (Phi) is 6.65. The summed E-state index contributed by atoms with van der Waals surface area (Å²) in [4.78, 5) is 26.6. The topological polar surface area (TPSA) is 125 Å². The lowest BCUT2D eigenvalue weighted by atomic mass is 10.2. The minimum absolute atomic E-state index is 0.0614. The number of alkyl carbamates (subject to hydrolysis) is 1. The standard InChI is InChI=1S/C20H24N4O5S2/c1-11(22-18(26)29-20(2,3)4)8-14-16(25)15-17(31-14)13(9-21-23-15)24(19(27)28)10-12-6-5-7-30-12/h5-7,9,11,25H,8,10H2,1-4H3,(H,22,26)(H,27,28)/t11-/m0/s1. The highest BCUT2D eigenvalue weighted by Gasteiger charge is 2.25. The Morgan fingerprint density at radius 1 is 1.35 bits per heavy atom. The van der Waals surface area contributed by atoms with Crippen LogP contribution >= 0.6 is 22.7 Å². The monoisotopic (exact) mass is 464 g/mol. The second kappa shape index (κ2) is 9.06. The molecule has 0 bridgehead atoms. The van der Waals surface area contributed by atoms with Gasteiger partial charge in [0.05, 0.1) is 28.0 Å². The zero-order chi connectivity index (χ0) is 22.8. The molecular formula is C20H24N4O5S2. The maximum absolute atomic E-state index is 12.0. The van der Waals surface area contributed by atoms with E-state index < -0.39 is 17.8 Å². The first-order chi connectivity index (χ1) is 14.5. The smallest absolute Gasteiger partial charge is 0.412 e. The zero-order valence-corrected chi connectivity index (χ0v) is 19.2. The Hall–Kier alpha value is -2.92. The Labute approximate surface area is 187 Å². The Balaban J connectivity index is 1.86. The van der Waals surface area contributed by atoms with Crippen molar-refractivity contribution in [2.45, 2.75) is 52.3 Å². The van der Waals surface area contributed by atoms with Crippen molar-refractivity contribution in [2.24, 2.45) is 0 Å². The molecule has 0 aliphatic heterocycles. The second-order valence-corrected chi connectivity index (χ2v) is 10.1. The van der Waals surface area contributed by atoms with Crippen molar-refractivity contribution in [1.29, 1.82) is 0 Å². The maximum Gasteiger partial charge on any atom is 0.412 e. The third-order valence-electron chi connectivity index (χ3n) is 4.17.